The molecule has 0 bridgehead atoms. The van der Waals surface area contributed by atoms with Crippen molar-refractivity contribution in [2.75, 3.05) is 26.2 Å². The number of amides is 1. The zero-order valence-corrected chi connectivity index (χ0v) is 17.1. The van der Waals surface area contributed by atoms with Crippen molar-refractivity contribution in [2.45, 2.75) is 38.3 Å². The standard InChI is InChI=1S/C24H28N2O4.Li.H/c27-23(26-15-3-4-21(26)16-25-13-1-2-14-25)19-9-11-22(12-10-19)30-17-18-5-7-20(8-6-18)24(28)29;;/h5-12,21H,1-4,13-17H2,(H,28,29);;/t21-;;/m0../s1. The van der Waals surface area contributed by atoms with Crippen molar-refractivity contribution in [3.8, 4) is 5.75 Å². The molecule has 0 aromatic heterocycles. The Labute approximate surface area is 195 Å². The Morgan fingerprint density at radius 2 is 1.55 bits per heavy atom. The van der Waals surface area contributed by atoms with E-state index in [0.29, 0.717) is 24.0 Å². The third-order valence-corrected chi connectivity index (χ3v) is 6.01. The second-order valence-electron chi connectivity index (χ2n) is 8.12. The fourth-order valence-corrected chi connectivity index (χ4v) is 4.33. The molecule has 2 saturated heterocycles. The minimum absolute atomic E-state index is 0. The normalized spacial score (nSPS) is 18.6. The second-order valence-corrected chi connectivity index (χ2v) is 8.12. The number of hydrogen-bond acceptors (Lipinski definition) is 4. The molecule has 31 heavy (non-hydrogen) atoms. The summed E-state index contributed by atoms with van der Waals surface area (Å²) in [4.78, 5) is 28.5. The summed E-state index contributed by atoms with van der Waals surface area (Å²) in [6.07, 6.45) is 4.70. The van der Waals surface area contributed by atoms with E-state index in [1.807, 2.05) is 29.2 Å². The van der Waals surface area contributed by atoms with E-state index in [9.17, 15) is 9.59 Å². The number of likely N-dealkylation sites (tertiary alicyclic amines) is 2. The quantitative estimate of drug-likeness (QED) is 0.703. The third kappa shape index (κ3) is 5.91. The van der Waals surface area contributed by atoms with Crippen molar-refractivity contribution in [1.29, 1.82) is 0 Å². The molecule has 0 aliphatic carbocycles. The summed E-state index contributed by atoms with van der Waals surface area (Å²) in [7, 11) is 0. The molecule has 4 rings (SSSR count). The summed E-state index contributed by atoms with van der Waals surface area (Å²) in [5.41, 5.74) is 1.84. The van der Waals surface area contributed by atoms with Crippen molar-refractivity contribution in [2.24, 2.45) is 0 Å². The molecule has 2 heterocycles. The summed E-state index contributed by atoms with van der Waals surface area (Å²) in [6.45, 7) is 4.49. The van der Waals surface area contributed by atoms with Gasteiger partial charge in [-0.2, -0.15) is 0 Å². The predicted molar refractivity (Wildman–Crippen MR) is 121 cm³/mol. The predicted octanol–water partition coefficient (Wildman–Crippen LogP) is 3.02. The van der Waals surface area contributed by atoms with E-state index in [1.54, 1.807) is 24.3 Å². The van der Waals surface area contributed by atoms with Gasteiger partial charge in [-0.05, 0) is 80.7 Å². The Morgan fingerprint density at radius 3 is 2.19 bits per heavy atom. The van der Waals surface area contributed by atoms with Crippen molar-refractivity contribution < 1.29 is 19.4 Å². The number of carboxylic acids is 1. The number of carbonyl (C=O) groups excluding carboxylic acids is 1. The van der Waals surface area contributed by atoms with Crippen molar-refractivity contribution >= 4 is 30.7 Å². The van der Waals surface area contributed by atoms with Gasteiger partial charge < -0.3 is 19.6 Å². The molecule has 2 aromatic rings. The molecule has 160 valence electrons. The van der Waals surface area contributed by atoms with Crippen LogP contribution in [0.4, 0.5) is 0 Å². The fraction of sp³-hybridized carbons (Fsp3) is 0.417. The van der Waals surface area contributed by atoms with Gasteiger partial charge in [0.05, 0.1) is 5.56 Å². The van der Waals surface area contributed by atoms with Gasteiger partial charge in [0.25, 0.3) is 5.91 Å². The monoisotopic (exact) mass is 416 g/mol. The van der Waals surface area contributed by atoms with Gasteiger partial charge in [0.1, 0.15) is 12.4 Å². The number of carbonyl (C=O) groups is 2. The fourth-order valence-electron chi connectivity index (χ4n) is 4.33. The van der Waals surface area contributed by atoms with Gasteiger partial charge in [0.2, 0.25) is 0 Å². The average Bonchev–Trinajstić information content (AvgIpc) is 3.45. The molecule has 1 atom stereocenters. The number of benzene rings is 2. The molecule has 0 spiro atoms. The van der Waals surface area contributed by atoms with E-state index in [4.69, 9.17) is 9.84 Å². The maximum atomic E-state index is 13.0. The number of nitrogens with zero attached hydrogens (tertiary/aromatic N) is 2. The van der Waals surface area contributed by atoms with Gasteiger partial charge in [-0.1, -0.05) is 12.1 Å². The molecular weight excluding hydrogens is 387 g/mol. The summed E-state index contributed by atoms with van der Waals surface area (Å²) in [6, 6.07) is 14.3. The van der Waals surface area contributed by atoms with Crippen LogP contribution in [0.3, 0.4) is 0 Å². The van der Waals surface area contributed by atoms with Gasteiger partial charge in [-0.25, -0.2) is 4.79 Å². The number of carboxylic acid groups (broad SMARTS) is 1. The molecular formula is C24H29LiN2O4. The first-order valence-electron chi connectivity index (χ1n) is 10.7. The SMILES string of the molecule is O=C(O)c1ccc(COc2ccc(C(=O)N3CCC[C@H]3CN3CCCC3)cc2)cc1.[LiH]. The van der Waals surface area contributed by atoms with Crippen LogP contribution in [0.1, 0.15) is 52.0 Å². The number of rotatable bonds is 7. The zero-order chi connectivity index (χ0) is 20.9. The molecule has 7 heteroatoms. The Morgan fingerprint density at radius 1 is 0.903 bits per heavy atom. The molecule has 2 aliphatic rings. The van der Waals surface area contributed by atoms with Gasteiger partial charge >= 0.3 is 24.8 Å². The summed E-state index contributed by atoms with van der Waals surface area (Å²) in [5.74, 6) is -0.153. The van der Waals surface area contributed by atoms with Crippen LogP contribution in [0, 0.1) is 0 Å². The molecule has 0 radical (unpaired) electrons. The summed E-state index contributed by atoms with van der Waals surface area (Å²) >= 11 is 0. The maximum absolute atomic E-state index is 13.0. The molecule has 2 aliphatic heterocycles. The summed E-state index contributed by atoms with van der Waals surface area (Å²) < 4.78 is 5.78. The topological polar surface area (TPSA) is 70.1 Å². The molecule has 6 nitrogen and oxygen atoms in total. The number of ether oxygens (including phenoxy) is 1. The van der Waals surface area contributed by atoms with Crippen LogP contribution in [-0.4, -0.2) is 77.9 Å². The van der Waals surface area contributed by atoms with E-state index in [0.717, 1.165) is 44.6 Å². The van der Waals surface area contributed by atoms with Crippen LogP contribution in [0.15, 0.2) is 48.5 Å². The van der Waals surface area contributed by atoms with Crippen LogP contribution < -0.4 is 4.74 Å². The Hall–Kier alpha value is -2.26. The van der Waals surface area contributed by atoms with E-state index < -0.39 is 5.97 Å². The molecule has 2 aromatic carbocycles. The van der Waals surface area contributed by atoms with E-state index >= 15 is 0 Å². The van der Waals surface area contributed by atoms with Gasteiger partial charge in [0.15, 0.2) is 0 Å². The Balaban J connectivity index is 0.00000272. The van der Waals surface area contributed by atoms with E-state index in [1.165, 1.54) is 12.8 Å². The summed E-state index contributed by atoms with van der Waals surface area (Å²) in [5, 5.41) is 8.96. The molecule has 0 saturated carbocycles. The third-order valence-electron chi connectivity index (χ3n) is 6.01. The van der Waals surface area contributed by atoms with Crippen LogP contribution in [0.25, 0.3) is 0 Å². The molecule has 1 N–H and O–H groups in total. The van der Waals surface area contributed by atoms with Crippen molar-refractivity contribution in [3.63, 3.8) is 0 Å². The van der Waals surface area contributed by atoms with Crippen LogP contribution >= 0.6 is 0 Å². The first-order chi connectivity index (χ1) is 14.6. The van der Waals surface area contributed by atoms with Crippen LogP contribution in [0.5, 0.6) is 5.75 Å². The first-order valence-corrected chi connectivity index (χ1v) is 10.7. The van der Waals surface area contributed by atoms with Crippen LogP contribution in [0.2, 0.25) is 0 Å². The molecule has 1 amide bonds. The van der Waals surface area contributed by atoms with Gasteiger partial charge in [-0.15, -0.1) is 0 Å². The molecule has 2 fully saturated rings. The average molecular weight is 416 g/mol. The van der Waals surface area contributed by atoms with Gasteiger partial charge in [-0.3, -0.25) is 4.79 Å². The minimum atomic E-state index is -0.941. The first kappa shape index (κ1) is 23.4. The number of hydrogen-bond donors (Lipinski definition) is 1. The Bertz CT molecular complexity index is 879. The molecule has 0 unspecified atom stereocenters. The number of aromatic carboxylic acids is 1. The van der Waals surface area contributed by atoms with E-state index in [2.05, 4.69) is 4.90 Å². The van der Waals surface area contributed by atoms with Crippen molar-refractivity contribution in [3.05, 3.63) is 65.2 Å². The second kappa shape index (κ2) is 10.9. The Kier molecular flexibility index (Phi) is 8.20. The van der Waals surface area contributed by atoms with Crippen molar-refractivity contribution in [1.82, 2.24) is 9.80 Å². The van der Waals surface area contributed by atoms with Gasteiger partial charge in [0, 0.05) is 24.7 Å². The van der Waals surface area contributed by atoms with E-state index in [-0.39, 0.29) is 30.3 Å². The van der Waals surface area contributed by atoms with Crippen LogP contribution in [-0.2, 0) is 6.61 Å². The zero-order valence-electron chi connectivity index (χ0n) is 17.1.